The number of aromatic nitrogens is 1. The Morgan fingerprint density at radius 3 is 2.67 bits per heavy atom. The highest BCUT2D eigenvalue weighted by Crippen LogP contribution is 2.29. The molecule has 0 bridgehead atoms. The molecular formula is C18H19N3O3. The van der Waals surface area contributed by atoms with Crippen molar-refractivity contribution in [3.8, 4) is 11.3 Å². The first-order valence-corrected chi connectivity index (χ1v) is 7.59. The summed E-state index contributed by atoms with van der Waals surface area (Å²) >= 11 is 0. The van der Waals surface area contributed by atoms with Gasteiger partial charge in [0.05, 0.1) is 12.1 Å². The summed E-state index contributed by atoms with van der Waals surface area (Å²) in [6, 6.07) is 13.1. The number of para-hydroxylation sites is 1. The molecule has 0 saturated carbocycles. The second kappa shape index (κ2) is 6.64. The molecule has 0 atom stereocenters. The first kappa shape index (κ1) is 15.9. The molecule has 0 fully saturated rings. The van der Waals surface area contributed by atoms with E-state index in [1.54, 1.807) is 12.1 Å². The summed E-state index contributed by atoms with van der Waals surface area (Å²) in [5.74, 6) is 0.813. The van der Waals surface area contributed by atoms with Crippen LogP contribution in [0.5, 0.6) is 0 Å². The van der Waals surface area contributed by atoms with Crippen LogP contribution in [-0.2, 0) is 13.2 Å². The number of aromatic amines is 1. The standard InChI is InChI=1S/C18H19N3O3/c1-11-15(18(19)23)8-17(21-11)14-4-2-3-5-16(14)20-9-12-6-7-13(10-22)24-12/h2-8,20-22H,9-10H2,1H3,(H2,19,23). The van der Waals surface area contributed by atoms with Gasteiger partial charge in [-0.05, 0) is 31.2 Å². The first-order valence-electron chi connectivity index (χ1n) is 7.59. The Balaban J connectivity index is 1.85. The summed E-state index contributed by atoms with van der Waals surface area (Å²) in [6.07, 6.45) is 0. The molecule has 2 heterocycles. The van der Waals surface area contributed by atoms with Crippen LogP contribution < -0.4 is 11.1 Å². The van der Waals surface area contributed by atoms with E-state index in [4.69, 9.17) is 15.3 Å². The van der Waals surface area contributed by atoms with Crippen molar-refractivity contribution < 1.29 is 14.3 Å². The van der Waals surface area contributed by atoms with Gasteiger partial charge in [-0.3, -0.25) is 4.79 Å². The van der Waals surface area contributed by atoms with Crippen LogP contribution in [0.25, 0.3) is 11.3 Å². The number of furan rings is 1. The van der Waals surface area contributed by atoms with Crippen molar-refractivity contribution in [2.45, 2.75) is 20.1 Å². The fraction of sp³-hybridized carbons (Fsp3) is 0.167. The number of carbonyl (C=O) groups excluding carboxylic acids is 1. The van der Waals surface area contributed by atoms with Crippen molar-refractivity contribution in [3.05, 3.63) is 65.2 Å². The highest BCUT2D eigenvalue weighted by atomic mass is 16.4. The van der Waals surface area contributed by atoms with Crippen LogP contribution in [-0.4, -0.2) is 16.0 Å². The molecule has 0 aliphatic heterocycles. The number of primary amides is 1. The summed E-state index contributed by atoms with van der Waals surface area (Å²) in [5, 5.41) is 12.4. The molecule has 6 nitrogen and oxygen atoms in total. The summed E-state index contributed by atoms with van der Waals surface area (Å²) in [7, 11) is 0. The number of anilines is 1. The number of amides is 1. The van der Waals surface area contributed by atoms with E-state index in [-0.39, 0.29) is 6.61 Å². The maximum absolute atomic E-state index is 11.4. The van der Waals surface area contributed by atoms with Gasteiger partial charge in [0.15, 0.2) is 0 Å². The van der Waals surface area contributed by atoms with E-state index in [1.807, 2.05) is 37.3 Å². The largest absolute Gasteiger partial charge is 0.462 e. The zero-order valence-electron chi connectivity index (χ0n) is 13.3. The first-order chi connectivity index (χ1) is 11.6. The highest BCUT2D eigenvalue weighted by molar-refractivity contribution is 5.96. The number of rotatable bonds is 6. The molecule has 1 aromatic carbocycles. The average Bonchev–Trinajstić information content (AvgIpc) is 3.19. The number of nitrogens with one attached hydrogen (secondary N) is 2. The number of nitrogens with two attached hydrogens (primary N) is 1. The quantitative estimate of drug-likeness (QED) is 0.559. The number of aryl methyl sites for hydroxylation is 1. The van der Waals surface area contributed by atoms with Gasteiger partial charge < -0.3 is 25.6 Å². The van der Waals surface area contributed by atoms with Crippen molar-refractivity contribution >= 4 is 11.6 Å². The van der Waals surface area contributed by atoms with E-state index < -0.39 is 5.91 Å². The lowest BCUT2D eigenvalue weighted by molar-refractivity contribution is 0.1000. The number of aliphatic hydroxyl groups is 1. The van der Waals surface area contributed by atoms with Gasteiger partial charge in [0.25, 0.3) is 5.91 Å². The minimum atomic E-state index is -0.451. The van der Waals surface area contributed by atoms with Gasteiger partial charge in [0.1, 0.15) is 18.1 Å². The van der Waals surface area contributed by atoms with Crippen LogP contribution in [0.3, 0.4) is 0 Å². The molecule has 0 aliphatic carbocycles. The van der Waals surface area contributed by atoms with Crippen LogP contribution >= 0.6 is 0 Å². The Bertz CT molecular complexity index is 864. The SMILES string of the molecule is Cc1[nH]c(-c2ccccc2NCc2ccc(CO)o2)cc1C(N)=O. The molecule has 0 unspecified atom stereocenters. The number of aliphatic hydroxyl groups excluding tert-OH is 1. The van der Waals surface area contributed by atoms with Gasteiger partial charge in [0, 0.05) is 22.6 Å². The number of H-pyrrole nitrogens is 1. The molecule has 5 N–H and O–H groups in total. The van der Waals surface area contributed by atoms with Gasteiger partial charge in [-0.25, -0.2) is 0 Å². The average molecular weight is 325 g/mol. The monoisotopic (exact) mass is 325 g/mol. The second-order valence-corrected chi connectivity index (χ2v) is 5.51. The molecule has 3 aromatic rings. The van der Waals surface area contributed by atoms with Gasteiger partial charge in [0.2, 0.25) is 0 Å². The van der Waals surface area contributed by atoms with E-state index in [2.05, 4.69) is 10.3 Å². The topological polar surface area (TPSA) is 104 Å². The minimum absolute atomic E-state index is 0.117. The minimum Gasteiger partial charge on any atom is -0.462 e. The number of benzene rings is 1. The predicted octanol–water partition coefficient (Wildman–Crippen LogP) is 2.79. The summed E-state index contributed by atoms with van der Waals surface area (Å²) in [5.41, 5.74) is 9.26. The maximum atomic E-state index is 11.4. The highest BCUT2D eigenvalue weighted by Gasteiger charge is 2.13. The van der Waals surface area contributed by atoms with Crippen molar-refractivity contribution in [2.24, 2.45) is 5.73 Å². The third-order valence-electron chi connectivity index (χ3n) is 3.82. The van der Waals surface area contributed by atoms with Crippen LogP contribution in [0.1, 0.15) is 27.6 Å². The Labute approximate surface area is 139 Å². The predicted molar refractivity (Wildman–Crippen MR) is 91.4 cm³/mol. The summed E-state index contributed by atoms with van der Waals surface area (Å²) in [6.45, 7) is 2.19. The molecule has 6 heteroatoms. The second-order valence-electron chi connectivity index (χ2n) is 5.51. The molecule has 24 heavy (non-hydrogen) atoms. The van der Waals surface area contributed by atoms with Crippen molar-refractivity contribution in [3.63, 3.8) is 0 Å². The molecule has 3 rings (SSSR count). The lowest BCUT2D eigenvalue weighted by Crippen LogP contribution is -2.10. The Morgan fingerprint density at radius 2 is 2.00 bits per heavy atom. The maximum Gasteiger partial charge on any atom is 0.250 e. The molecular weight excluding hydrogens is 306 g/mol. The number of hydrogen-bond donors (Lipinski definition) is 4. The number of hydrogen-bond acceptors (Lipinski definition) is 4. The Kier molecular flexibility index (Phi) is 4.39. The molecule has 124 valence electrons. The molecule has 0 spiro atoms. The third kappa shape index (κ3) is 3.18. The van der Waals surface area contributed by atoms with Crippen molar-refractivity contribution in [2.75, 3.05) is 5.32 Å². The molecule has 0 aliphatic rings. The van der Waals surface area contributed by atoms with E-state index in [9.17, 15) is 4.79 Å². The van der Waals surface area contributed by atoms with Crippen LogP contribution in [0.4, 0.5) is 5.69 Å². The normalized spacial score (nSPS) is 10.8. The van der Waals surface area contributed by atoms with Gasteiger partial charge in [-0.15, -0.1) is 0 Å². The molecule has 1 amide bonds. The summed E-state index contributed by atoms with van der Waals surface area (Å²) in [4.78, 5) is 14.6. The van der Waals surface area contributed by atoms with Gasteiger partial charge >= 0.3 is 0 Å². The van der Waals surface area contributed by atoms with Crippen molar-refractivity contribution in [1.29, 1.82) is 0 Å². The van der Waals surface area contributed by atoms with E-state index in [0.29, 0.717) is 17.9 Å². The lowest BCUT2D eigenvalue weighted by Gasteiger charge is -2.10. The van der Waals surface area contributed by atoms with E-state index >= 15 is 0 Å². The number of carbonyl (C=O) groups is 1. The fourth-order valence-corrected chi connectivity index (χ4v) is 2.62. The van der Waals surface area contributed by atoms with Crippen molar-refractivity contribution in [1.82, 2.24) is 4.98 Å². The zero-order valence-corrected chi connectivity index (χ0v) is 13.3. The zero-order chi connectivity index (χ0) is 17.1. The van der Waals surface area contributed by atoms with Crippen LogP contribution in [0, 0.1) is 6.92 Å². The Morgan fingerprint density at radius 1 is 1.25 bits per heavy atom. The van der Waals surface area contributed by atoms with E-state index in [1.165, 1.54) is 0 Å². The smallest absolute Gasteiger partial charge is 0.250 e. The fourth-order valence-electron chi connectivity index (χ4n) is 2.62. The van der Waals surface area contributed by atoms with E-state index in [0.717, 1.165) is 28.4 Å². The van der Waals surface area contributed by atoms with Crippen LogP contribution in [0.2, 0.25) is 0 Å². The van der Waals surface area contributed by atoms with Gasteiger partial charge in [-0.2, -0.15) is 0 Å². The Hall–Kier alpha value is -2.99. The lowest BCUT2D eigenvalue weighted by atomic mass is 10.1. The third-order valence-corrected chi connectivity index (χ3v) is 3.82. The molecule has 2 aromatic heterocycles. The van der Waals surface area contributed by atoms with Gasteiger partial charge in [-0.1, -0.05) is 18.2 Å². The molecule has 0 saturated heterocycles. The summed E-state index contributed by atoms with van der Waals surface area (Å²) < 4.78 is 5.47. The molecule has 0 radical (unpaired) electrons. The van der Waals surface area contributed by atoms with Crippen LogP contribution in [0.15, 0.2) is 46.9 Å².